The molecule has 11 heavy (non-hydrogen) atoms. The molecule has 3 heteroatoms. The average Bonchev–Trinajstić information content (AvgIpc) is 2.50. The van der Waals surface area contributed by atoms with Crippen molar-refractivity contribution in [3.8, 4) is 0 Å². The first-order valence-corrected chi connectivity index (χ1v) is 3.34. The number of hydrogen-bond donors (Lipinski definition) is 2. The van der Waals surface area contributed by atoms with E-state index in [1.807, 2.05) is 24.3 Å². The normalized spacial score (nSPS) is 10.3. The quantitative estimate of drug-likeness (QED) is 0.478. The molecule has 0 spiro atoms. The summed E-state index contributed by atoms with van der Waals surface area (Å²) in [7, 11) is 0. The number of nitrogen functional groups attached to an aromatic ring is 1. The highest BCUT2D eigenvalue weighted by atomic mass is 16.3. The first kappa shape index (κ1) is 6.24. The lowest BCUT2D eigenvalue weighted by molar-refractivity contribution is 0.616. The Kier molecular flexibility index (Phi) is 1.30. The van der Waals surface area contributed by atoms with Gasteiger partial charge in [0, 0.05) is 11.1 Å². The molecule has 56 valence electrons. The molecule has 1 heterocycles. The van der Waals surface area contributed by atoms with E-state index in [4.69, 9.17) is 10.3 Å². The predicted molar refractivity (Wildman–Crippen MR) is 44.0 cm³/mol. The number of hydrogen-bond acceptors (Lipinski definition) is 3. The van der Waals surface area contributed by atoms with E-state index < -0.39 is 0 Å². The first-order chi connectivity index (χ1) is 5.40. The molecule has 1 aromatic carbocycles. The van der Waals surface area contributed by atoms with Gasteiger partial charge in [-0.15, -0.1) is 0 Å². The lowest BCUT2D eigenvalue weighted by atomic mass is 10.2. The summed E-state index contributed by atoms with van der Waals surface area (Å²) in [6.45, 7) is 0. The van der Waals surface area contributed by atoms with Crippen molar-refractivity contribution in [1.29, 1.82) is 0 Å². The van der Waals surface area contributed by atoms with Crippen LogP contribution in [0.1, 0.15) is 0 Å². The Morgan fingerprint density at radius 3 is 3.00 bits per heavy atom. The summed E-state index contributed by atoms with van der Waals surface area (Å²) in [6.07, 6.45) is 1.66. The fourth-order valence-electron chi connectivity index (χ4n) is 1.06. The minimum Gasteiger partial charge on any atom is -0.464 e. The second-order valence-electron chi connectivity index (χ2n) is 2.32. The molecule has 0 unspecified atom stereocenters. The molecule has 0 fully saturated rings. The molecule has 0 saturated carbocycles. The summed E-state index contributed by atoms with van der Waals surface area (Å²) in [5.41, 5.74) is 4.33. The Morgan fingerprint density at radius 1 is 1.27 bits per heavy atom. The van der Waals surface area contributed by atoms with Gasteiger partial charge in [-0.3, -0.25) is 5.84 Å². The summed E-state index contributed by atoms with van der Waals surface area (Å²) in [5.74, 6) is 5.23. The fourth-order valence-corrected chi connectivity index (χ4v) is 1.06. The summed E-state index contributed by atoms with van der Waals surface area (Å²) in [6, 6.07) is 7.57. The average molecular weight is 148 g/mol. The molecule has 2 rings (SSSR count). The number of furan rings is 1. The van der Waals surface area contributed by atoms with E-state index in [9.17, 15) is 0 Å². The van der Waals surface area contributed by atoms with Gasteiger partial charge in [-0.05, 0) is 24.3 Å². The number of benzene rings is 1. The Hall–Kier alpha value is -1.48. The van der Waals surface area contributed by atoms with Crippen LogP contribution in [0.2, 0.25) is 0 Å². The van der Waals surface area contributed by atoms with Crippen LogP contribution in [0.15, 0.2) is 34.9 Å². The minimum absolute atomic E-state index is 0.879. The van der Waals surface area contributed by atoms with E-state index >= 15 is 0 Å². The van der Waals surface area contributed by atoms with Gasteiger partial charge in [0.15, 0.2) is 0 Å². The van der Waals surface area contributed by atoms with Crippen molar-refractivity contribution in [2.45, 2.75) is 0 Å². The molecule has 3 nitrogen and oxygen atoms in total. The van der Waals surface area contributed by atoms with E-state index in [0.29, 0.717) is 0 Å². The number of fused-ring (bicyclic) bond motifs is 1. The van der Waals surface area contributed by atoms with Gasteiger partial charge in [-0.2, -0.15) is 0 Å². The van der Waals surface area contributed by atoms with Gasteiger partial charge in [0.2, 0.25) is 0 Å². The predicted octanol–water partition coefficient (Wildman–Crippen LogP) is 1.72. The van der Waals surface area contributed by atoms with Crippen molar-refractivity contribution in [2.75, 3.05) is 5.43 Å². The molecule has 0 aliphatic carbocycles. The molecule has 0 amide bonds. The molecule has 2 aromatic rings. The van der Waals surface area contributed by atoms with Crippen LogP contribution in [-0.2, 0) is 0 Å². The topological polar surface area (TPSA) is 51.2 Å². The van der Waals surface area contributed by atoms with Crippen molar-refractivity contribution in [3.05, 3.63) is 30.5 Å². The van der Waals surface area contributed by atoms with Gasteiger partial charge >= 0.3 is 0 Å². The molecular weight excluding hydrogens is 140 g/mol. The number of anilines is 1. The second kappa shape index (κ2) is 2.29. The van der Waals surface area contributed by atoms with Crippen molar-refractivity contribution >= 4 is 16.7 Å². The van der Waals surface area contributed by atoms with E-state index in [0.717, 1.165) is 16.7 Å². The largest absolute Gasteiger partial charge is 0.464 e. The zero-order valence-electron chi connectivity index (χ0n) is 5.87. The van der Waals surface area contributed by atoms with Crippen molar-refractivity contribution < 1.29 is 4.42 Å². The SMILES string of the molecule is NNc1ccc2occc2c1. The maximum absolute atomic E-state index is 5.23. The molecule has 0 radical (unpaired) electrons. The van der Waals surface area contributed by atoms with E-state index in [2.05, 4.69) is 5.43 Å². The number of hydrazine groups is 1. The van der Waals surface area contributed by atoms with Crippen molar-refractivity contribution in [2.24, 2.45) is 5.84 Å². The summed E-state index contributed by atoms with van der Waals surface area (Å²) >= 11 is 0. The second-order valence-corrected chi connectivity index (χ2v) is 2.32. The highest BCUT2D eigenvalue weighted by molar-refractivity contribution is 5.80. The van der Waals surface area contributed by atoms with Gasteiger partial charge in [0.25, 0.3) is 0 Å². The third kappa shape index (κ3) is 0.951. The van der Waals surface area contributed by atoms with Crippen LogP contribution in [0.4, 0.5) is 5.69 Å². The zero-order chi connectivity index (χ0) is 7.68. The third-order valence-electron chi connectivity index (χ3n) is 1.62. The zero-order valence-corrected chi connectivity index (χ0v) is 5.87. The van der Waals surface area contributed by atoms with E-state index in [1.165, 1.54) is 0 Å². The van der Waals surface area contributed by atoms with Crippen LogP contribution in [0.25, 0.3) is 11.0 Å². The Bertz CT molecular complexity index is 367. The molecular formula is C8H8N2O. The summed E-state index contributed by atoms with van der Waals surface area (Å²) < 4.78 is 5.15. The first-order valence-electron chi connectivity index (χ1n) is 3.34. The van der Waals surface area contributed by atoms with Crippen LogP contribution in [-0.4, -0.2) is 0 Å². The molecule has 0 aliphatic heterocycles. The lowest BCUT2D eigenvalue weighted by Gasteiger charge is -1.96. The maximum atomic E-state index is 5.23. The fraction of sp³-hybridized carbons (Fsp3) is 0. The maximum Gasteiger partial charge on any atom is 0.133 e. The molecule has 1 aromatic heterocycles. The molecule has 3 N–H and O–H groups in total. The molecule has 0 atom stereocenters. The van der Waals surface area contributed by atoms with Gasteiger partial charge in [-0.1, -0.05) is 0 Å². The van der Waals surface area contributed by atoms with Gasteiger partial charge in [0.1, 0.15) is 5.58 Å². The minimum atomic E-state index is 0.879. The number of rotatable bonds is 1. The van der Waals surface area contributed by atoms with Crippen molar-refractivity contribution in [1.82, 2.24) is 0 Å². The highest BCUT2D eigenvalue weighted by Crippen LogP contribution is 2.18. The number of nitrogens with two attached hydrogens (primary N) is 1. The standard InChI is InChI=1S/C8H8N2O/c9-10-7-1-2-8-6(5-7)3-4-11-8/h1-5,10H,9H2. The van der Waals surface area contributed by atoms with Gasteiger partial charge in [-0.25, -0.2) is 0 Å². The Balaban J connectivity index is 2.67. The lowest BCUT2D eigenvalue weighted by Crippen LogP contribution is -2.05. The molecule has 0 saturated heterocycles. The van der Waals surface area contributed by atoms with Crippen LogP contribution in [0, 0.1) is 0 Å². The summed E-state index contributed by atoms with van der Waals surface area (Å²) in [4.78, 5) is 0. The monoisotopic (exact) mass is 148 g/mol. The number of nitrogens with one attached hydrogen (secondary N) is 1. The highest BCUT2D eigenvalue weighted by Gasteiger charge is 1.95. The Labute approximate surface area is 63.8 Å². The van der Waals surface area contributed by atoms with Crippen molar-refractivity contribution in [3.63, 3.8) is 0 Å². The summed E-state index contributed by atoms with van der Waals surface area (Å²) in [5, 5.41) is 1.06. The van der Waals surface area contributed by atoms with E-state index in [-0.39, 0.29) is 0 Å². The van der Waals surface area contributed by atoms with Crippen LogP contribution >= 0.6 is 0 Å². The van der Waals surface area contributed by atoms with Gasteiger partial charge in [0.05, 0.1) is 6.26 Å². The third-order valence-corrected chi connectivity index (χ3v) is 1.62. The van der Waals surface area contributed by atoms with Crippen LogP contribution < -0.4 is 11.3 Å². The smallest absolute Gasteiger partial charge is 0.133 e. The van der Waals surface area contributed by atoms with Crippen LogP contribution in [0.3, 0.4) is 0 Å². The van der Waals surface area contributed by atoms with E-state index in [1.54, 1.807) is 6.26 Å². The molecule has 0 bridgehead atoms. The van der Waals surface area contributed by atoms with Gasteiger partial charge < -0.3 is 9.84 Å². The molecule has 0 aliphatic rings. The van der Waals surface area contributed by atoms with Crippen LogP contribution in [0.5, 0.6) is 0 Å². The Morgan fingerprint density at radius 2 is 2.18 bits per heavy atom.